The summed E-state index contributed by atoms with van der Waals surface area (Å²) < 4.78 is 0. The number of nitrogens with one attached hydrogen (secondary N) is 1. The lowest BCUT2D eigenvalue weighted by Crippen LogP contribution is -2.43. The van der Waals surface area contributed by atoms with Crippen LogP contribution in [-0.4, -0.2) is 42.6 Å². The Morgan fingerprint density at radius 1 is 1.03 bits per heavy atom. The Morgan fingerprint density at radius 2 is 1.84 bits per heavy atom. The molecule has 2 aromatic rings. The molecule has 0 radical (unpaired) electrons. The second-order valence-electron chi connectivity index (χ2n) is 9.62. The molecule has 1 N–H and O–H groups in total. The molecule has 1 saturated carbocycles. The third-order valence-electron chi connectivity index (χ3n) is 7.38. The van der Waals surface area contributed by atoms with Crippen LogP contribution in [0, 0.1) is 12.8 Å². The minimum Gasteiger partial charge on any atom is -0.314 e. The first-order chi connectivity index (χ1) is 15.3. The van der Waals surface area contributed by atoms with Gasteiger partial charge in [0.05, 0.1) is 5.52 Å². The molecule has 31 heavy (non-hydrogen) atoms. The molecule has 2 fully saturated rings. The van der Waals surface area contributed by atoms with Crippen molar-refractivity contribution in [1.29, 1.82) is 0 Å². The van der Waals surface area contributed by atoms with Crippen LogP contribution in [0.15, 0.2) is 36.4 Å². The van der Waals surface area contributed by atoms with Crippen molar-refractivity contribution in [1.82, 2.24) is 15.2 Å². The van der Waals surface area contributed by atoms with Crippen LogP contribution in [-0.2, 0) is 12.8 Å². The van der Waals surface area contributed by atoms with Gasteiger partial charge in [0.1, 0.15) is 0 Å². The molecule has 1 aromatic heterocycles. The summed E-state index contributed by atoms with van der Waals surface area (Å²) in [4.78, 5) is 7.56. The molecule has 168 valence electrons. The minimum atomic E-state index is 0.986. The van der Waals surface area contributed by atoms with Crippen LogP contribution in [0.1, 0.15) is 68.2 Å². The van der Waals surface area contributed by atoms with Crippen molar-refractivity contribution in [3.8, 4) is 0 Å². The monoisotopic (exact) mass is 419 g/mol. The Kier molecular flexibility index (Phi) is 8.54. The van der Waals surface area contributed by atoms with Gasteiger partial charge in [-0.15, -0.1) is 0 Å². The number of allylic oxidation sites excluding steroid dienone is 2. The summed E-state index contributed by atoms with van der Waals surface area (Å²) in [6, 6.07) is 8.74. The van der Waals surface area contributed by atoms with Gasteiger partial charge in [0, 0.05) is 37.3 Å². The first-order valence-corrected chi connectivity index (χ1v) is 12.8. The zero-order valence-electron chi connectivity index (χ0n) is 19.5. The van der Waals surface area contributed by atoms with Crippen LogP contribution in [0.3, 0.4) is 0 Å². The normalized spacial score (nSPS) is 18.5. The number of unbranched alkanes of at least 4 members (excludes halogenated alkanes) is 1. The maximum absolute atomic E-state index is 4.95. The van der Waals surface area contributed by atoms with Crippen molar-refractivity contribution in [2.24, 2.45) is 5.92 Å². The van der Waals surface area contributed by atoms with Crippen molar-refractivity contribution in [2.75, 3.05) is 32.7 Å². The summed E-state index contributed by atoms with van der Waals surface area (Å²) in [5, 5.41) is 4.82. The fraction of sp³-hybridized carbons (Fsp3) is 0.607. The number of pyridine rings is 1. The average molecular weight is 420 g/mol. The molecule has 0 spiro atoms. The molecule has 1 aliphatic carbocycles. The number of hydrogen-bond donors (Lipinski definition) is 1. The van der Waals surface area contributed by atoms with Crippen LogP contribution in [0.25, 0.3) is 10.9 Å². The summed E-state index contributed by atoms with van der Waals surface area (Å²) in [7, 11) is 0. The summed E-state index contributed by atoms with van der Waals surface area (Å²) in [6.07, 6.45) is 18.0. The van der Waals surface area contributed by atoms with Crippen molar-refractivity contribution in [2.45, 2.75) is 71.1 Å². The number of aromatic nitrogens is 1. The molecule has 3 nitrogen and oxygen atoms in total. The molecule has 0 unspecified atom stereocenters. The molecule has 0 bridgehead atoms. The maximum Gasteiger partial charge on any atom is 0.0708 e. The topological polar surface area (TPSA) is 28.2 Å². The number of fused-ring (bicyclic) bond motifs is 1. The maximum atomic E-state index is 4.95. The highest BCUT2D eigenvalue weighted by Crippen LogP contribution is 2.29. The minimum absolute atomic E-state index is 0.986. The number of para-hydroxylation sites is 1. The summed E-state index contributed by atoms with van der Waals surface area (Å²) in [6.45, 7) is 8.14. The van der Waals surface area contributed by atoms with E-state index in [0.717, 1.165) is 30.9 Å². The molecule has 3 heteroatoms. The van der Waals surface area contributed by atoms with Crippen molar-refractivity contribution in [3.05, 3.63) is 53.2 Å². The molecule has 2 heterocycles. The van der Waals surface area contributed by atoms with E-state index in [1.807, 2.05) is 0 Å². The Morgan fingerprint density at radius 3 is 2.68 bits per heavy atom. The molecule has 1 aromatic carbocycles. The zero-order chi connectivity index (χ0) is 21.3. The van der Waals surface area contributed by atoms with Crippen LogP contribution >= 0.6 is 0 Å². The van der Waals surface area contributed by atoms with Gasteiger partial charge in [0.25, 0.3) is 0 Å². The van der Waals surface area contributed by atoms with E-state index in [1.54, 1.807) is 5.56 Å². The SMILES string of the molecule is Cc1nc2ccccc2c(CCCCN2CCNCC2)c1C/C=C/CCC1CCCC1. The second-order valence-corrected chi connectivity index (χ2v) is 9.62. The predicted molar refractivity (Wildman–Crippen MR) is 133 cm³/mol. The van der Waals surface area contributed by atoms with Gasteiger partial charge in [-0.3, -0.25) is 4.98 Å². The zero-order valence-corrected chi connectivity index (χ0v) is 19.5. The predicted octanol–water partition coefficient (Wildman–Crippen LogP) is 5.84. The Balaban J connectivity index is 1.39. The quantitative estimate of drug-likeness (QED) is 0.387. The van der Waals surface area contributed by atoms with Crippen LogP contribution in [0.5, 0.6) is 0 Å². The molecule has 4 rings (SSSR count). The summed E-state index contributed by atoms with van der Waals surface area (Å²) >= 11 is 0. The van der Waals surface area contributed by atoms with Gasteiger partial charge in [-0.25, -0.2) is 0 Å². The molecule has 0 atom stereocenters. The van der Waals surface area contributed by atoms with Gasteiger partial charge in [0.15, 0.2) is 0 Å². The van der Waals surface area contributed by atoms with Crippen molar-refractivity contribution >= 4 is 10.9 Å². The Bertz CT molecular complexity index is 845. The highest BCUT2D eigenvalue weighted by molar-refractivity contribution is 5.83. The van der Waals surface area contributed by atoms with Gasteiger partial charge in [-0.05, 0) is 75.1 Å². The van der Waals surface area contributed by atoms with Crippen molar-refractivity contribution < 1.29 is 0 Å². The first-order valence-electron chi connectivity index (χ1n) is 12.8. The molecule has 1 aliphatic heterocycles. The summed E-state index contributed by atoms with van der Waals surface area (Å²) in [5.41, 5.74) is 5.39. The van der Waals surface area contributed by atoms with Crippen LogP contribution in [0.4, 0.5) is 0 Å². The number of benzene rings is 1. The van der Waals surface area contributed by atoms with Gasteiger partial charge in [-0.2, -0.15) is 0 Å². The number of aryl methyl sites for hydroxylation is 2. The van der Waals surface area contributed by atoms with Crippen LogP contribution in [0.2, 0.25) is 0 Å². The highest BCUT2D eigenvalue weighted by Gasteiger charge is 2.14. The van der Waals surface area contributed by atoms with E-state index in [2.05, 4.69) is 53.6 Å². The Labute approximate surface area is 189 Å². The third-order valence-corrected chi connectivity index (χ3v) is 7.38. The van der Waals surface area contributed by atoms with Gasteiger partial charge in [-0.1, -0.05) is 56.0 Å². The second kappa shape index (κ2) is 11.8. The van der Waals surface area contributed by atoms with E-state index in [-0.39, 0.29) is 0 Å². The molecular weight excluding hydrogens is 378 g/mol. The van der Waals surface area contributed by atoms with E-state index in [9.17, 15) is 0 Å². The summed E-state index contributed by atoms with van der Waals surface area (Å²) in [5.74, 6) is 0.986. The number of rotatable bonds is 10. The lowest BCUT2D eigenvalue weighted by molar-refractivity contribution is 0.237. The molecule has 2 aliphatic rings. The molecule has 1 saturated heterocycles. The third kappa shape index (κ3) is 6.40. The van der Waals surface area contributed by atoms with E-state index < -0.39 is 0 Å². The fourth-order valence-corrected chi connectivity index (χ4v) is 5.53. The van der Waals surface area contributed by atoms with E-state index in [4.69, 9.17) is 4.98 Å². The lowest BCUT2D eigenvalue weighted by Gasteiger charge is -2.27. The number of nitrogens with zero attached hydrogens (tertiary/aromatic N) is 2. The standard InChI is InChI=1S/C28H41N3/c1-23-25(14-4-2-3-11-24-12-5-6-13-24)26(27-16-7-8-17-28(27)30-23)15-9-10-20-31-21-18-29-19-22-31/h2,4,7-8,16-17,24,29H,3,5-6,9-15,18-22H2,1H3/b4-2+. The van der Waals surface area contributed by atoms with Gasteiger partial charge in [0.2, 0.25) is 0 Å². The highest BCUT2D eigenvalue weighted by atomic mass is 15.2. The smallest absolute Gasteiger partial charge is 0.0708 e. The molecule has 0 amide bonds. The average Bonchev–Trinajstić information content (AvgIpc) is 3.32. The van der Waals surface area contributed by atoms with E-state index >= 15 is 0 Å². The first kappa shape index (κ1) is 22.5. The van der Waals surface area contributed by atoms with E-state index in [0.29, 0.717) is 0 Å². The number of hydrogen-bond acceptors (Lipinski definition) is 3. The van der Waals surface area contributed by atoms with Gasteiger partial charge < -0.3 is 10.2 Å². The lowest BCUT2D eigenvalue weighted by atomic mass is 9.94. The largest absolute Gasteiger partial charge is 0.314 e. The fourth-order valence-electron chi connectivity index (χ4n) is 5.53. The van der Waals surface area contributed by atoms with E-state index in [1.165, 1.54) is 94.1 Å². The van der Waals surface area contributed by atoms with Crippen molar-refractivity contribution in [3.63, 3.8) is 0 Å². The number of piperazine rings is 1. The van der Waals surface area contributed by atoms with Crippen LogP contribution < -0.4 is 5.32 Å². The Hall–Kier alpha value is -1.71. The van der Waals surface area contributed by atoms with Gasteiger partial charge >= 0.3 is 0 Å². The molecular formula is C28H41N3.